The minimum absolute atomic E-state index is 0.0485. The van der Waals surface area contributed by atoms with Crippen molar-refractivity contribution in [1.29, 1.82) is 5.41 Å². The van der Waals surface area contributed by atoms with Gasteiger partial charge in [0.15, 0.2) is 5.84 Å². The standard InChI is InChI=1S/C20H20N4O3/c1-26-18-9-5-8-16(23-18)19(21)24-20(27-15-6-3-2-4-7-15)17-12-14(10-11-25)13-22-17/h2-9,12-13,21-22,25H,10-11H2,1H3/b21-19?,24-20+. The van der Waals surface area contributed by atoms with Crippen LogP contribution in [0.5, 0.6) is 11.6 Å². The van der Waals surface area contributed by atoms with Crippen molar-refractivity contribution in [3.63, 3.8) is 0 Å². The summed E-state index contributed by atoms with van der Waals surface area (Å²) in [5, 5.41) is 17.4. The molecule has 0 spiro atoms. The number of ether oxygens (including phenoxy) is 2. The summed E-state index contributed by atoms with van der Waals surface area (Å²) in [7, 11) is 1.52. The van der Waals surface area contributed by atoms with E-state index in [-0.39, 0.29) is 18.3 Å². The number of para-hydroxylation sites is 1. The average Bonchev–Trinajstić information content (AvgIpc) is 3.17. The van der Waals surface area contributed by atoms with Crippen LogP contribution >= 0.6 is 0 Å². The summed E-state index contributed by atoms with van der Waals surface area (Å²) >= 11 is 0. The zero-order valence-electron chi connectivity index (χ0n) is 14.8. The summed E-state index contributed by atoms with van der Waals surface area (Å²) in [4.78, 5) is 11.6. The first-order valence-electron chi connectivity index (χ1n) is 8.39. The first kappa shape index (κ1) is 18.3. The summed E-state index contributed by atoms with van der Waals surface area (Å²) in [6, 6.07) is 16.2. The Morgan fingerprint density at radius 3 is 2.74 bits per heavy atom. The Morgan fingerprint density at radius 1 is 1.19 bits per heavy atom. The van der Waals surface area contributed by atoms with E-state index in [0.717, 1.165) is 5.56 Å². The van der Waals surface area contributed by atoms with Crippen molar-refractivity contribution in [3.8, 4) is 11.6 Å². The van der Waals surface area contributed by atoms with Crippen LogP contribution in [-0.2, 0) is 6.42 Å². The van der Waals surface area contributed by atoms with Crippen molar-refractivity contribution >= 4 is 11.7 Å². The Bertz CT molecular complexity index is 935. The molecule has 0 radical (unpaired) electrons. The fraction of sp³-hybridized carbons (Fsp3) is 0.150. The zero-order valence-corrected chi connectivity index (χ0v) is 14.8. The second-order valence-corrected chi connectivity index (χ2v) is 5.64. The zero-order chi connectivity index (χ0) is 19.1. The number of methoxy groups -OCH3 is 1. The van der Waals surface area contributed by atoms with Gasteiger partial charge < -0.3 is 19.6 Å². The third-order valence-corrected chi connectivity index (χ3v) is 3.72. The number of hydrogen-bond donors (Lipinski definition) is 3. The van der Waals surface area contributed by atoms with Crippen LogP contribution in [0.3, 0.4) is 0 Å². The van der Waals surface area contributed by atoms with E-state index in [4.69, 9.17) is 20.0 Å². The van der Waals surface area contributed by atoms with Gasteiger partial charge in [0.05, 0.1) is 7.11 Å². The topological polar surface area (TPSA) is 104 Å². The molecule has 0 atom stereocenters. The Kier molecular flexibility index (Phi) is 5.96. The number of nitrogens with zero attached hydrogens (tertiary/aromatic N) is 2. The number of aliphatic hydroxyl groups is 1. The SMILES string of the molecule is COc1cccc(C(=N)/N=C(/Oc2ccccc2)c2cc(CCO)c[nH]2)n1. The number of rotatable bonds is 6. The van der Waals surface area contributed by atoms with Crippen molar-refractivity contribution in [2.75, 3.05) is 13.7 Å². The predicted octanol–water partition coefficient (Wildman–Crippen LogP) is 2.80. The monoisotopic (exact) mass is 364 g/mol. The number of aliphatic imine (C=N–C) groups is 1. The van der Waals surface area contributed by atoms with Crippen molar-refractivity contribution < 1.29 is 14.6 Å². The number of aromatic amines is 1. The second-order valence-electron chi connectivity index (χ2n) is 5.64. The maximum Gasteiger partial charge on any atom is 0.245 e. The molecule has 2 heterocycles. The molecule has 0 amide bonds. The molecule has 0 saturated heterocycles. The fourth-order valence-corrected chi connectivity index (χ4v) is 2.39. The summed E-state index contributed by atoms with van der Waals surface area (Å²) < 4.78 is 11.0. The molecule has 7 heteroatoms. The molecule has 3 N–H and O–H groups in total. The summed E-state index contributed by atoms with van der Waals surface area (Å²) in [6.07, 6.45) is 2.30. The van der Waals surface area contributed by atoms with Crippen LogP contribution in [0.15, 0.2) is 65.8 Å². The third-order valence-electron chi connectivity index (χ3n) is 3.72. The number of pyridine rings is 1. The van der Waals surface area contributed by atoms with Gasteiger partial charge in [-0.15, -0.1) is 0 Å². The minimum Gasteiger partial charge on any atom is -0.481 e. The highest BCUT2D eigenvalue weighted by molar-refractivity contribution is 6.07. The second kappa shape index (κ2) is 8.77. The molecule has 3 rings (SSSR count). The number of nitrogens with one attached hydrogen (secondary N) is 2. The Labute approximate surface area is 156 Å². The lowest BCUT2D eigenvalue weighted by Gasteiger charge is -2.08. The van der Waals surface area contributed by atoms with Crippen LogP contribution in [0.2, 0.25) is 0 Å². The highest BCUT2D eigenvalue weighted by Crippen LogP contribution is 2.15. The number of aliphatic hydroxyl groups excluding tert-OH is 1. The van der Waals surface area contributed by atoms with Gasteiger partial charge in [0.2, 0.25) is 11.8 Å². The van der Waals surface area contributed by atoms with Crippen molar-refractivity contribution in [1.82, 2.24) is 9.97 Å². The Balaban J connectivity index is 1.94. The largest absolute Gasteiger partial charge is 0.481 e. The van der Waals surface area contributed by atoms with E-state index < -0.39 is 0 Å². The van der Waals surface area contributed by atoms with Gasteiger partial charge in [0.25, 0.3) is 0 Å². The van der Waals surface area contributed by atoms with Crippen LogP contribution in [0.4, 0.5) is 0 Å². The molecule has 0 aliphatic rings. The lowest BCUT2D eigenvalue weighted by molar-refractivity contribution is 0.299. The molecule has 0 unspecified atom stereocenters. The molecule has 0 saturated carbocycles. The molecule has 3 aromatic rings. The lowest BCUT2D eigenvalue weighted by atomic mass is 10.2. The van der Waals surface area contributed by atoms with E-state index in [0.29, 0.717) is 29.4 Å². The van der Waals surface area contributed by atoms with Crippen LogP contribution < -0.4 is 9.47 Å². The van der Waals surface area contributed by atoms with E-state index in [1.54, 1.807) is 36.5 Å². The average molecular weight is 364 g/mol. The van der Waals surface area contributed by atoms with Gasteiger partial charge in [-0.3, -0.25) is 5.41 Å². The number of amidine groups is 1. The van der Waals surface area contributed by atoms with E-state index >= 15 is 0 Å². The minimum atomic E-state index is -0.0573. The van der Waals surface area contributed by atoms with Gasteiger partial charge in [-0.1, -0.05) is 24.3 Å². The number of H-pyrrole nitrogens is 1. The van der Waals surface area contributed by atoms with Gasteiger partial charge in [-0.05, 0) is 36.2 Å². The molecule has 1 aromatic carbocycles. The number of aromatic nitrogens is 2. The molecule has 0 bridgehead atoms. The van der Waals surface area contributed by atoms with Crippen molar-refractivity contribution in [3.05, 3.63) is 77.7 Å². The van der Waals surface area contributed by atoms with Gasteiger partial charge in [-0.25, -0.2) is 4.98 Å². The van der Waals surface area contributed by atoms with Gasteiger partial charge in [-0.2, -0.15) is 4.99 Å². The van der Waals surface area contributed by atoms with Crippen molar-refractivity contribution in [2.24, 2.45) is 4.99 Å². The van der Waals surface area contributed by atoms with E-state index in [9.17, 15) is 0 Å². The van der Waals surface area contributed by atoms with Crippen LogP contribution in [0.1, 0.15) is 17.0 Å². The van der Waals surface area contributed by atoms with Crippen LogP contribution in [0, 0.1) is 5.41 Å². The van der Waals surface area contributed by atoms with Crippen LogP contribution in [-0.4, -0.2) is 40.5 Å². The Hall–Kier alpha value is -3.45. The summed E-state index contributed by atoms with van der Waals surface area (Å²) in [6.45, 7) is 0.0485. The van der Waals surface area contributed by atoms with Gasteiger partial charge >= 0.3 is 0 Å². The quantitative estimate of drug-likeness (QED) is 0.462. The molecule has 0 fully saturated rings. The van der Waals surface area contributed by atoms with Crippen molar-refractivity contribution in [2.45, 2.75) is 6.42 Å². The highest BCUT2D eigenvalue weighted by atomic mass is 16.5. The lowest BCUT2D eigenvalue weighted by Crippen LogP contribution is -2.14. The maximum absolute atomic E-state index is 9.12. The van der Waals surface area contributed by atoms with E-state index in [1.165, 1.54) is 7.11 Å². The fourth-order valence-electron chi connectivity index (χ4n) is 2.39. The Morgan fingerprint density at radius 2 is 2.00 bits per heavy atom. The maximum atomic E-state index is 9.12. The molecule has 2 aromatic heterocycles. The normalized spacial score (nSPS) is 11.3. The first-order chi connectivity index (χ1) is 13.2. The molecule has 7 nitrogen and oxygen atoms in total. The molecular formula is C20H20N4O3. The summed E-state index contributed by atoms with van der Waals surface area (Å²) in [5.74, 6) is 1.18. The van der Waals surface area contributed by atoms with E-state index in [1.807, 2.05) is 24.3 Å². The number of benzene rings is 1. The predicted molar refractivity (Wildman–Crippen MR) is 103 cm³/mol. The summed E-state index contributed by atoms with van der Waals surface area (Å²) in [5.41, 5.74) is 1.89. The molecule has 0 aliphatic carbocycles. The first-order valence-corrected chi connectivity index (χ1v) is 8.39. The third kappa shape index (κ3) is 4.80. The smallest absolute Gasteiger partial charge is 0.245 e. The molecular weight excluding hydrogens is 344 g/mol. The molecule has 0 aliphatic heterocycles. The molecule has 138 valence electrons. The number of hydrogen-bond acceptors (Lipinski definition) is 5. The molecule has 27 heavy (non-hydrogen) atoms. The highest BCUT2D eigenvalue weighted by Gasteiger charge is 2.13. The van der Waals surface area contributed by atoms with Gasteiger partial charge in [0, 0.05) is 18.9 Å². The van der Waals surface area contributed by atoms with Gasteiger partial charge in [0.1, 0.15) is 17.1 Å². The van der Waals surface area contributed by atoms with E-state index in [2.05, 4.69) is 15.0 Å². The van der Waals surface area contributed by atoms with Crippen LogP contribution in [0.25, 0.3) is 0 Å².